The molecule has 0 saturated carbocycles. The van der Waals surface area contributed by atoms with Gasteiger partial charge in [-0.3, -0.25) is 0 Å². The van der Waals surface area contributed by atoms with Gasteiger partial charge in [0.2, 0.25) is 0 Å². The van der Waals surface area contributed by atoms with Crippen LogP contribution in [0.1, 0.15) is 24.0 Å². The van der Waals surface area contributed by atoms with Crippen LogP contribution in [-0.2, 0) is 11.6 Å². The van der Waals surface area contributed by atoms with Crippen LogP contribution >= 0.6 is 47.2 Å². The third kappa shape index (κ3) is 3.91. The van der Waals surface area contributed by atoms with Crippen molar-refractivity contribution in [2.75, 3.05) is 13.1 Å². The van der Waals surface area contributed by atoms with Crippen molar-refractivity contribution < 1.29 is 13.2 Å². The molecule has 1 aromatic carbocycles. The zero-order valence-corrected chi connectivity index (χ0v) is 13.9. The highest BCUT2D eigenvalue weighted by Crippen LogP contribution is 2.52. The van der Waals surface area contributed by atoms with Gasteiger partial charge in [0.15, 0.2) is 3.79 Å². The second-order valence-electron chi connectivity index (χ2n) is 4.91. The smallest absolute Gasteiger partial charge is 0.317 e. The molecule has 0 radical (unpaired) electrons. The van der Waals surface area contributed by atoms with Gasteiger partial charge in [-0.15, -0.1) is 12.4 Å². The average molecular weight is 383 g/mol. The fourth-order valence-electron chi connectivity index (χ4n) is 2.58. The average Bonchev–Trinajstić information content (AvgIpc) is 2.37. The topological polar surface area (TPSA) is 12.0 Å². The van der Waals surface area contributed by atoms with Crippen molar-refractivity contribution in [2.45, 2.75) is 28.2 Å². The lowest BCUT2D eigenvalue weighted by Gasteiger charge is -2.43. The van der Waals surface area contributed by atoms with Crippen LogP contribution in [0.25, 0.3) is 0 Å². The molecular weight excluding hydrogens is 369 g/mol. The first-order chi connectivity index (χ1) is 9.17. The molecule has 1 nitrogen and oxygen atoms in total. The summed E-state index contributed by atoms with van der Waals surface area (Å²) in [5.74, 6) is 0. The Morgan fingerprint density at radius 3 is 2.10 bits per heavy atom. The molecule has 1 saturated heterocycles. The third-order valence-corrected chi connectivity index (χ3v) is 4.83. The highest BCUT2D eigenvalue weighted by molar-refractivity contribution is 6.68. The summed E-state index contributed by atoms with van der Waals surface area (Å²) in [4.78, 5) is 0. The summed E-state index contributed by atoms with van der Waals surface area (Å²) in [5, 5.41) is 3.13. The van der Waals surface area contributed by atoms with Crippen LogP contribution in [0.4, 0.5) is 13.2 Å². The van der Waals surface area contributed by atoms with Crippen molar-refractivity contribution in [3.8, 4) is 0 Å². The maximum atomic E-state index is 12.8. The molecular formula is C13H14Cl4F3N. The molecule has 0 aliphatic carbocycles. The zero-order chi connectivity index (χ0) is 15.0. The molecule has 1 N–H and O–H groups in total. The minimum atomic E-state index is -4.41. The number of nitrogens with one attached hydrogen (secondary N) is 1. The number of hydrogen-bond acceptors (Lipinski definition) is 1. The van der Waals surface area contributed by atoms with Crippen LogP contribution in [0.15, 0.2) is 24.3 Å². The molecule has 8 heteroatoms. The lowest BCUT2D eigenvalue weighted by molar-refractivity contribution is -0.137. The van der Waals surface area contributed by atoms with Crippen LogP contribution in [0, 0.1) is 0 Å². The number of piperidine rings is 1. The normalized spacial score (nSPS) is 19.0. The quantitative estimate of drug-likeness (QED) is 0.664. The van der Waals surface area contributed by atoms with Gasteiger partial charge in [-0.2, -0.15) is 13.2 Å². The second-order valence-corrected chi connectivity index (χ2v) is 7.19. The summed E-state index contributed by atoms with van der Waals surface area (Å²) in [6, 6.07) is 5.07. The summed E-state index contributed by atoms with van der Waals surface area (Å²) in [6.07, 6.45) is -3.45. The Hall–Kier alpha value is 0.130. The van der Waals surface area contributed by atoms with Crippen molar-refractivity contribution in [3.05, 3.63) is 35.4 Å². The van der Waals surface area contributed by atoms with Gasteiger partial charge in [-0.1, -0.05) is 53.0 Å². The van der Waals surface area contributed by atoms with E-state index in [4.69, 9.17) is 34.8 Å². The Bertz CT molecular complexity index is 479. The zero-order valence-electron chi connectivity index (χ0n) is 10.8. The van der Waals surface area contributed by atoms with Gasteiger partial charge in [0, 0.05) is 5.41 Å². The van der Waals surface area contributed by atoms with E-state index in [0.717, 1.165) is 12.1 Å². The van der Waals surface area contributed by atoms with E-state index in [1.165, 1.54) is 6.07 Å². The van der Waals surface area contributed by atoms with Gasteiger partial charge in [-0.25, -0.2) is 0 Å². The molecule has 0 amide bonds. The van der Waals surface area contributed by atoms with E-state index in [2.05, 4.69) is 5.32 Å². The minimum Gasteiger partial charge on any atom is -0.317 e. The summed E-state index contributed by atoms with van der Waals surface area (Å²) < 4.78 is 36.9. The van der Waals surface area contributed by atoms with E-state index < -0.39 is 20.9 Å². The Balaban J connectivity index is 0.00000220. The summed E-state index contributed by atoms with van der Waals surface area (Å²) in [5.41, 5.74) is -1.19. The first-order valence-electron chi connectivity index (χ1n) is 6.12. The van der Waals surface area contributed by atoms with Crippen LogP contribution in [0.5, 0.6) is 0 Å². The molecule has 2 rings (SSSR count). The number of hydrogen-bond donors (Lipinski definition) is 1. The molecule has 1 heterocycles. The number of alkyl halides is 6. The fraction of sp³-hybridized carbons (Fsp3) is 0.538. The molecule has 0 aromatic heterocycles. The Kier molecular flexibility index (Phi) is 6.13. The van der Waals surface area contributed by atoms with Crippen molar-refractivity contribution >= 4 is 47.2 Å². The SMILES string of the molecule is Cl.FC(F)(F)c1cccc(C2(C(Cl)(Cl)Cl)CCNCC2)c1. The van der Waals surface area contributed by atoms with E-state index in [1.54, 1.807) is 6.07 Å². The molecule has 0 unspecified atom stereocenters. The predicted octanol–water partition coefficient (Wildman–Crippen LogP) is 5.12. The largest absolute Gasteiger partial charge is 0.416 e. The Labute approximate surface area is 142 Å². The number of benzene rings is 1. The third-order valence-electron chi connectivity index (χ3n) is 3.74. The highest BCUT2D eigenvalue weighted by atomic mass is 35.6. The van der Waals surface area contributed by atoms with Crippen LogP contribution in [-0.4, -0.2) is 16.9 Å². The van der Waals surface area contributed by atoms with Gasteiger partial charge in [0.05, 0.1) is 5.56 Å². The number of halogens is 7. The van der Waals surface area contributed by atoms with E-state index in [9.17, 15) is 13.2 Å². The van der Waals surface area contributed by atoms with Crippen molar-refractivity contribution in [2.24, 2.45) is 0 Å². The molecule has 120 valence electrons. The molecule has 1 fully saturated rings. The number of rotatable bonds is 1. The minimum absolute atomic E-state index is 0. The van der Waals surface area contributed by atoms with Gasteiger partial charge < -0.3 is 5.32 Å². The van der Waals surface area contributed by atoms with Gasteiger partial charge >= 0.3 is 6.18 Å². The Morgan fingerprint density at radius 2 is 1.62 bits per heavy atom. The molecule has 21 heavy (non-hydrogen) atoms. The highest BCUT2D eigenvalue weighted by Gasteiger charge is 2.50. The van der Waals surface area contributed by atoms with Crippen LogP contribution < -0.4 is 5.32 Å². The van der Waals surface area contributed by atoms with Crippen LogP contribution in [0.2, 0.25) is 0 Å². The van der Waals surface area contributed by atoms with Crippen molar-refractivity contribution in [1.82, 2.24) is 5.32 Å². The first kappa shape index (κ1) is 19.2. The standard InChI is InChI=1S/C13H13Cl3F3N.ClH/c14-13(15,16)11(4-6-20-7-5-11)9-2-1-3-10(8-9)12(17,18)19;/h1-3,8,20H,4-7H2;1H. The maximum absolute atomic E-state index is 12.8. The molecule has 1 aliphatic heterocycles. The van der Waals surface area contributed by atoms with Gasteiger partial charge in [0.1, 0.15) is 0 Å². The summed E-state index contributed by atoms with van der Waals surface area (Å²) in [6.45, 7) is 1.20. The van der Waals surface area contributed by atoms with Crippen LogP contribution in [0.3, 0.4) is 0 Å². The van der Waals surface area contributed by atoms with E-state index in [-0.39, 0.29) is 12.4 Å². The fourth-order valence-corrected chi connectivity index (χ4v) is 3.48. The predicted molar refractivity (Wildman–Crippen MR) is 82.8 cm³/mol. The maximum Gasteiger partial charge on any atom is 0.416 e. The molecule has 0 spiro atoms. The monoisotopic (exact) mass is 381 g/mol. The molecule has 1 aliphatic rings. The van der Waals surface area contributed by atoms with E-state index in [1.807, 2.05) is 0 Å². The van der Waals surface area contributed by atoms with E-state index >= 15 is 0 Å². The van der Waals surface area contributed by atoms with E-state index in [0.29, 0.717) is 31.5 Å². The molecule has 0 atom stereocenters. The molecule has 1 aromatic rings. The summed E-state index contributed by atoms with van der Waals surface area (Å²) in [7, 11) is 0. The lowest BCUT2D eigenvalue weighted by Crippen LogP contribution is -2.48. The van der Waals surface area contributed by atoms with Gasteiger partial charge in [-0.05, 0) is 37.6 Å². The first-order valence-corrected chi connectivity index (χ1v) is 7.25. The Morgan fingerprint density at radius 1 is 1.05 bits per heavy atom. The van der Waals surface area contributed by atoms with Crippen molar-refractivity contribution in [3.63, 3.8) is 0 Å². The lowest BCUT2D eigenvalue weighted by atomic mass is 9.74. The van der Waals surface area contributed by atoms with Gasteiger partial charge in [0.25, 0.3) is 0 Å². The molecule has 0 bridgehead atoms. The second kappa shape index (κ2) is 6.71. The van der Waals surface area contributed by atoms with Crippen molar-refractivity contribution in [1.29, 1.82) is 0 Å². The summed E-state index contributed by atoms with van der Waals surface area (Å²) >= 11 is 18.3.